The standard InChI is InChI=1S/C17H17N3O3/c1-4-23-15-7-5-6-13(16(15)21)10-19-20-12(3)8-11(2)14(9-18)17(20)22/h5-8,10,21H,4H2,1-3H3. The molecule has 0 saturated carbocycles. The van der Waals surface area contributed by atoms with Gasteiger partial charge in [0.05, 0.1) is 12.8 Å². The monoisotopic (exact) mass is 311 g/mol. The summed E-state index contributed by atoms with van der Waals surface area (Å²) < 4.78 is 6.44. The van der Waals surface area contributed by atoms with Crippen LogP contribution in [-0.2, 0) is 0 Å². The van der Waals surface area contributed by atoms with Crippen LogP contribution in [-0.4, -0.2) is 22.6 Å². The Morgan fingerprint density at radius 3 is 2.83 bits per heavy atom. The lowest BCUT2D eigenvalue weighted by Crippen LogP contribution is -2.22. The van der Waals surface area contributed by atoms with Crippen LogP contribution < -0.4 is 10.3 Å². The maximum atomic E-state index is 12.3. The maximum Gasteiger partial charge on any atom is 0.289 e. The molecule has 6 heteroatoms. The fourth-order valence-corrected chi connectivity index (χ4v) is 2.20. The number of nitriles is 1. The average Bonchev–Trinajstić information content (AvgIpc) is 2.50. The summed E-state index contributed by atoms with van der Waals surface area (Å²) in [7, 11) is 0. The molecule has 0 saturated heterocycles. The third-order valence-electron chi connectivity index (χ3n) is 3.31. The van der Waals surface area contributed by atoms with Crippen molar-refractivity contribution in [2.24, 2.45) is 5.10 Å². The van der Waals surface area contributed by atoms with E-state index in [-0.39, 0.29) is 11.3 Å². The van der Waals surface area contributed by atoms with Crippen molar-refractivity contribution in [1.82, 2.24) is 4.68 Å². The van der Waals surface area contributed by atoms with E-state index in [1.165, 1.54) is 6.21 Å². The predicted octanol–water partition coefficient (Wildman–Crippen LogP) is 2.32. The number of para-hydroxylation sites is 1. The summed E-state index contributed by atoms with van der Waals surface area (Å²) in [5.41, 5.74) is 1.20. The zero-order valence-electron chi connectivity index (χ0n) is 13.2. The van der Waals surface area contributed by atoms with Crippen molar-refractivity contribution in [3.05, 3.63) is 57.0 Å². The lowest BCUT2D eigenvalue weighted by atomic mass is 10.1. The van der Waals surface area contributed by atoms with Crippen LogP contribution >= 0.6 is 0 Å². The number of aryl methyl sites for hydroxylation is 2. The van der Waals surface area contributed by atoms with E-state index in [0.29, 0.717) is 29.2 Å². The van der Waals surface area contributed by atoms with Crippen molar-refractivity contribution in [3.8, 4) is 17.6 Å². The molecule has 0 aliphatic heterocycles. The second-order valence-electron chi connectivity index (χ2n) is 4.94. The Balaban J connectivity index is 2.49. The molecule has 1 aromatic heterocycles. The van der Waals surface area contributed by atoms with Crippen LogP contribution in [0.15, 0.2) is 34.2 Å². The Bertz CT molecular complexity index is 861. The number of phenols is 1. The van der Waals surface area contributed by atoms with Gasteiger partial charge in [-0.3, -0.25) is 4.79 Å². The second-order valence-corrected chi connectivity index (χ2v) is 4.94. The third kappa shape index (κ3) is 3.24. The van der Waals surface area contributed by atoms with Crippen LogP contribution in [0.1, 0.15) is 29.3 Å². The SMILES string of the molecule is CCOc1cccc(C=Nn2c(C)cc(C)c(C#N)c2=O)c1O. The molecule has 0 aliphatic carbocycles. The molecule has 23 heavy (non-hydrogen) atoms. The van der Waals surface area contributed by atoms with Crippen LogP contribution in [0.2, 0.25) is 0 Å². The molecule has 2 aromatic rings. The minimum atomic E-state index is -0.485. The zero-order valence-corrected chi connectivity index (χ0v) is 13.2. The predicted molar refractivity (Wildman–Crippen MR) is 87.2 cm³/mol. The number of phenolic OH excluding ortho intramolecular Hbond substituents is 1. The minimum absolute atomic E-state index is 0.0450. The fourth-order valence-electron chi connectivity index (χ4n) is 2.20. The normalized spacial score (nSPS) is 10.7. The molecular weight excluding hydrogens is 294 g/mol. The Labute approximate surface area is 133 Å². The molecule has 0 unspecified atom stereocenters. The number of ether oxygens (including phenoxy) is 1. The molecule has 6 nitrogen and oxygen atoms in total. The first-order chi connectivity index (χ1) is 11.0. The van der Waals surface area contributed by atoms with E-state index in [0.717, 1.165) is 4.68 Å². The van der Waals surface area contributed by atoms with Crippen molar-refractivity contribution >= 4 is 6.21 Å². The minimum Gasteiger partial charge on any atom is -0.504 e. The number of benzene rings is 1. The van der Waals surface area contributed by atoms with E-state index in [4.69, 9.17) is 10.00 Å². The Morgan fingerprint density at radius 2 is 2.17 bits per heavy atom. The molecule has 0 aliphatic rings. The Hall–Kier alpha value is -3.07. The highest BCUT2D eigenvalue weighted by molar-refractivity contribution is 5.84. The van der Waals surface area contributed by atoms with Crippen LogP contribution in [0.5, 0.6) is 11.5 Å². The summed E-state index contributed by atoms with van der Waals surface area (Å²) in [6.45, 7) is 5.68. The summed E-state index contributed by atoms with van der Waals surface area (Å²) in [5, 5.41) is 23.3. The number of pyridine rings is 1. The summed E-state index contributed by atoms with van der Waals surface area (Å²) >= 11 is 0. The molecule has 1 N–H and O–H groups in total. The van der Waals surface area contributed by atoms with Gasteiger partial charge in [-0.15, -0.1) is 0 Å². The van der Waals surface area contributed by atoms with Crippen molar-refractivity contribution in [3.63, 3.8) is 0 Å². The number of hydrogen-bond donors (Lipinski definition) is 1. The van der Waals surface area contributed by atoms with Crippen LogP contribution in [0.4, 0.5) is 0 Å². The molecule has 0 fully saturated rings. The first kappa shape index (κ1) is 16.3. The number of hydrogen-bond acceptors (Lipinski definition) is 5. The van der Waals surface area contributed by atoms with Gasteiger partial charge in [-0.1, -0.05) is 6.07 Å². The van der Waals surface area contributed by atoms with Crippen LogP contribution in [0, 0.1) is 25.2 Å². The van der Waals surface area contributed by atoms with E-state index in [1.807, 2.05) is 13.0 Å². The summed E-state index contributed by atoms with van der Waals surface area (Å²) in [6, 6.07) is 8.63. The van der Waals surface area contributed by atoms with Gasteiger partial charge in [-0.25, -0.2) is 4.68 Å². The topological polar surface area (TPSA) is 87.6 Å². The molecule has 2 rings (SSSR count). The molecule has 0 atom stereocenters. The van der Waals surface area contributed by atoms with Crippen molar-refractivity contribution in [2.45, 2.75) is 20.8 Å². The van der Waals surface area contributed by atoms with Crippen molar-refractivity contribution < 1.29 is 9.84 Å². The van der Waals surface area contributed by atoms with Crippen LogP contribution in [0.25, 0.3) is 0 Å². The van der Waals surface area contributed by atoms with Gasteiger partial charge in [0.15, 0.2) is 11.5 Å². The quantitative estimate of drug-likeness (QED) is 0.878. The molecule has 0 spiro atoms. The van der Waals surface area contributed by atoms with E-state index in [2.05, 4.69) is 5.10 Å². The number of rotatable bonds is 4. The van der Waals surface area contributed by atoms with Gasteiger partial charge in [0, 0.05) is 11.3 Å². The molecule has 0 amide bonds. The summed E-state index contributed by atoms with van der Waals surface area (Å²) in [4.78, 5) is 12.3. The highest BCUT2D eigenvalue weighted by Crippen LogP contribution is 2.28. The van der Waals surface area contributed by atoms with Gasteiger partial charge in [0.1, 0.15) is 11.6 Å². The summed E-state index contributed by atoms with van der Waals surface area (Å²) in [6.07, 6.45) is 1.36. The van der Waals surface area contributed by atoms with Gasteiger partial charge in [0.2, 0.25) is 0 Å². The second kappa shape index (κ2) is 6.79. The van der Waals surface area contributed by atoms with Crippen molar-refractivity contribution in [2.75, 3.05) is 6.61 Å². The number of aromatic nitrogens is 1. The molecule has 0 radical (unpaired) electrons. The largest absolute Gasteiger partial charge is 0.504 e. The van der Waals surface area contributed by atoms with Gasteiger partial charge in [0.25, 0.3) is 5.56 Å². The van der Waals surface area contributed by atoms with E-state index in [9.17, 15) is 9.90 Å². The number of nitrogens with zero attached hydrogens (tertiary/aromatic N) is 3. The smallest absolute Gasteiger partial charge is 0.289 e. The van der Waals surface area contributed by atoms with Gasteiger partial charge in [-0.05, 0) is 44.5 Å². The summed E-state index contributed by atoms with van der Waals surface area (Å²) in [5.74, 6) is 0.304. The molecule has 1 aromatic carbocycles. The Morgan fingerprint density at radius 1 is 1.43 bits per heavy atom. The molecule has 0 bridgehead atoms. The van der Waals surface area contributed by atoms with E-state index < -0.39 is 5.56 Å². The maximum absolute atomic E-state index is 12.3. The highest BCUT2D eigenvalue weighted by atomic mass is 16.5. The van der Waals surface area contributed by atoms with Gasteiger partial charge in [-0.2, -0.15) is 10.4 Å². The number of aromatic hydroxyl groups is 1. The van der Waals surface area contributed by atoms with Gasteiger partial charge < -0.3 is 9.84 Å². The Kier molecular flexibility index (Phi) is 4.82. The van der Waals surface area contributed by atoms with Crippen molar-refractivity contribution in [1.29, 1.82) is 5.26 Å². The average molecular weight is 311 g/mol. The first-order valence-corrected chi connectivity index (χ1v) is 7.12. The molecule has 1 heterocycles. The fraction of sp³-hybridized carbons (Fsp3) is 0.235. The van der Waals surface area contributed by atoms with E-state index in [1.54, 1.807) is 38.1 Å². The van der Waals surface area contributed by atoms with Crippen LogP contribution in [0.3, 0.4) is 0 Å². The first-order valence-electron chi connectivity index (χ1n) is 7.12. The molecular formula is C17H17N3O3. The zero-order chi connectivity index (χ0) is 17.0. The molecule has 118 valence electrons. The third-order valence-corrected chi connectivity index (χ3v) is 3.31. The van der Waals surface area contributed by atoms with E-state index >= 15 is 0 Å². The lowest BCUT2D eigenvalue weighted by molar-refractivity contribution is 0.318. The van der Waals surface area contributed by atoms with Gasteiger partial charge >= 0.3 is 0 Å². The lowest BCUT2D eigenvalue weighted by Gasteiger charge is -2.08. The highest BCUT2D eigenvalue weighted by Gasteiger charge is 2.10.